The molecule has 0 amide bonds. The van der Waals surface area contributed by atoms with Crippen molar-refractivity contribution in [3.63, 3.8) is 0 Å². The lowest BCUT2D eigenvalue weighted by molar-refractivity contribution is 0.592. The van der Waals surface area contributed by atoms with Gasteiger partial charge in [-0.3, -0.25) is 0 Å². The van der Waals surface area contributed by atoms with E-state index in [-0.39, 0.29) is 0 Å². The fourth-order valence-electron chi connectivity index (χ4n) is 1.39. The molecule has 0 atom stereocenters. The van der Waals surface area contributed by atoms with Gasteiger partial charge in [-0.15, -0.1) is 0 Å². The van der Waals surface area contributed by atoms with Gasteiger partial charge in [0.25, 0.3) is 0 Å². The Bertz CT molecular complexity index is 413. The molecule has 0 spiro atoms. The first-order valence-electron chi connectivity index (χ1n) is 4.73. The number of rotatable bonds is 3. The molecule has 0 saturated heterocycles. The summed E-state index contributed by atoms with van der Waals surface area (Å²) in [7, 11) is -3.04. The summed E-state index contributed by atoms with van der Waals surface area (Å²) in [5.74, 6) is 0.711. The number of benzene rings is 1. The molecule has 14 heavy (non-hydrogen) atoms. The van der Waals surface area contributed by atoms with Crippen molar-refractivity contribution in [3.8, 4) is 0 Å². The molecule has 0 aliphatic heterocycles. The van der Waals surface area contributed by atoms with E-state index in [1.165, 1.54) is 0 Å². The predicted octanol–water partition coefficient (Wildman–Crippen LogP) is 2.05. The third-order valence-corrected chi connectivity index (χ3v) is 4.34. The summed E-state index contributed by atoms with van der Waals surface area (Å²) >= 11 is 0. The predicted molar refractivity (Wildman–Crippen MR) is 55.7 cm³/mol. The Labute approximate surface area is 84.9 Å². The molecule has 1 fully saturated rings. The van der Waals surface area contributed by atoms with Crippen molar-refractivity contribution in [3.05, 3.63) is 36.8 Å². The third-order valence-electron chi connectivity index (χ3n) is 2.43. The lowest BCUT2D eigenvalue weighted by atomic mass is 10.2. The molecule has 1 aliphatic rings. The average Bonchev–Trinajstić information content (AvgIpc) is 2.88. The van der Waals surface area contributed by atoms with Gasteiger partial charge in [-0.2, -0.15) is 0 Å². The van der Waals surface area contributed by atoms with Gasteiger partial charge in [0.15, 0.2) is 9.84 Å². The minimum atomic E-state index is -3.04. The molecule has 2 rings (SSSR count). The summed E-state index contributed by atoms with van der Waals surface area (Å²) in [5.41, 5.74) is 0.843. The quantitative estimate of drug-likeness (QED) is 0.763. The highest BCUT2D eigenvalue weighted by molar-refractivity contribution is 7.91. The molecule has 1 radical (unpaired) electrons. The molecule has 1 saturated carbocycles. The highest BCUT2D eigenvalue weighted by atomic mass is 32.2. The topological polar surface area (TPSA) is 34.1 Å². The number of hydrogen-bond donors (Lipinski definition) is 0. The maximum Gasteiger partial charge on any atom is 0.178 e. The van der Waals surface area contributed by atoms with Gasteiger partial charge in [0.1, 0.15) is 0 Å². The van der Waals surface area contributed by atoms with Crippen LogP contribution in [0.2, 0.25) is 0 Å². The second-order valence-corrected chi connectivity index (χ2v) is 5.90. The summed E-state index contributed by atoms with van der Waals surface area (Å²) in [4.78, 5) is 0.428. The average molecular weight is 209 g/mol. The monoisotopic (exact) mass is 209 g/mol. The second kappa shape index (κ2) is 3.39. The zero-order valence-electron chi connectivity index (χ0n) is 7.94. The molecular weight excluding hydrogens is 196 g/mol. The van der Waals surface area contributed by atoms with Crippen LogP contribution in [-0.2, 0) is 9.84 Å². The van der Waals surface area contributed by atoms with Crippen LogP contribution in [0.5, 0.6) is 0 Å². The van der Waals surface area contributed by atoms with Gasteiger partial charge in [-0.25, -0.2) is 8.42 Å². The van der Waals surface area contributed by atoms with E-state index in [9.17, 15) is 8.42 Å². The van der Waals surface area contributed by atoms with Crippen LogP contribution in [0.3, 0.4) is 0 Å². The van der Waals surface area contributed by atoms with E-state index < -0.39 is 9.84 Å². The van der Waals surface area contributed by atoms with Crippen LogP contribution in [0.4, 0.5) is 0 Å². The fraction of sp³-hybridized carbons (Fsp3) is 0.364. The van der Waals surface area contributed by atoms with E-state index in [4.69, 9.17) is 0 Å². The van der Waals surface area contributed by atoms with Gasteiger partial charge >= 0.3 is 0 Å². The summed E-state index contributed by atoms with van der Waals surface area (Å²) in [6.07, 6.45) is 2.12. The van der Waals surface area contributed by atoms with Gasteiger partial charge < -0.3 is 0 Å². The largest absolute Gasteiger partial charge is 0.224 e. The van der Waals surface area contributed by atoms with Crippen LogP contribution in [0, 0.1) is 12.8 Å². The Kier molecular flexibility index (Phi) is 2.35. The highest BCUT2D eigenvalue weighted by Gasteiger charge is 2.28. The van der Waals surface area contributed by atoms with Gasteiger partial charge in [-0.1, -0.05) is 12.1 Å². The second-order valence-electron chi connectivity index (χ2n) is 3.87. The van der Waals surface area contributed by atoms with Crippen LogP contribution in [0.15, 0.2) is 29.2 Å². The summed E-state index contributed by atoms with van der Waals surface area (Å²) in [6, 6.07) is 6.75. The molecule has 0 N–H and O–H groups in total. The molecule has 0 aromatic heterocycles. The van der Waals surface area contributed by atoms with E-state index >= 15 is 0 Å². The van der Waals surface area contributed by atoms with Crippen molar-refractivity contribution in [2.24, 2.45) is 5.92 Å². The van der Waals surface area contributed by atoms with E-state index in [1.807, 2.05) is 0 Å². The molecule has 2 nitrogen and oxygen atoms in total. The Hall–Kier alpha value is -0.830. The summed E-state index contributed by atoms with van der Waals surface area (Å²) in [6.45, 7) is 3.72. The third kappa shape index (κ3) is 2.15. The zero-order valence-corrected chi connectivity index (χ0v) is 8.76. The maximum absolute atomic E-state index is 11.8. The molecule has 75 valence electrons. The normalized spacial score (nSPS) is 16.9. The van der Waals surface area contributed by atoms with Crippen LogP contribution in [0.1, 0.15) is 18.4 Å². The maximum atomic E-state index is 11.8. The van der Waals surface area contributed by atoms with Crippen molar-refractivity contribution in [1.82, 2.24) is 0 Å². The van der Waals surface area contributed by atoms with Gasteiger partial charge in [0.2, 0.25) is 0 Å². The van der Waals surface area contributed by atoms with E-state index in [2.05, 4.69) is 6.92 Å². The van der Waals surface area contributed by atoms with Gasteiger partial charge in [0, 0.05) is 0 Å². The standard InChI is InChI=1S/C11H13O2S/c1-9-2-6-11(7-3-9)14(12,13)8-10-4-5-10/h2-3,6-7,10H,1,4-5,8H2. The SMILES string of the molecule is [CH2]c1ccc(S(=O)(=O)CC2CC2)cc1. The lowest BCUT2D eigenvalue weighted by Crippen LogP contribution is -2.08. The van der Waals surface area contributed by atoms with Crippen molar-refractivity contribution in [2.75, 3.05) is 5.75 Å². The number of hydrogen-bond acceptors (Lipinski definition) is 2. The summed E-state index contributed by atoms with van der Waals surface area (Å²) in [5, 5.41) is 0. The molecular formula is C11H13O2S. The Morgan fingerprint density at radius 1 is 1.21 bits per heavy atom. The Morgan fingerprint density at radius 2 is 1.79 bits per heavy atom. The minimum Gasteiger partial charge on any atom is -0.224 e. The first-order chi connectivity index (χ1) is 6.58. The van der Waals surface area contributed by atoms with Crippen LogP contribution >= 0.6 is 0 Å². The summed E-state index contributed by atoms with van der Waals surface area (Å²) < 4.78 is 23.5. The minimum absolute atomic E-state index is 0.309. The van der Waals surface area contributed by atoms with Crippen molar-refractivity contribution < 1.29 is 8.42 Å². The molecule has 1 aromatic carbocycles. The van der Waals surface area contributed by atoms with Crippen molar-refractivity contribution >= 4 is 9.84 Å². The van der Waals surface area contributed by atoms with Crippen LogP contribution in [-0.4, -0.2) is 14.2 Å². The van der Waals surface area contributed by atoms with Crippen molar-refractivity contribution in [1.29, 1.82) is 0 Å². The highest BCUT2D eigenvalue weighted by Crippen LogP contribution is 2.32. The van der Waals surface area contributed by atoms with E-state index in [1.54, 1.807) is 24.3 Å². The van der Waals surface area contributed by atoms with Gasteiger partial charge in [0.05, 0.1) is 10.6 Å². The first-order valence-corrected chi connectivity index (χ1v) is 6.38. The lowest BCUT2D eigenvalue weighted by Gasteiger charge is -2.03. The molecule has 0 unspecified atom stereocenters. The smallest absolute Gasteiger partial charge is 0.178 e. The first kappa shape index (κ1) is 9.71. The molecule has 1 aromatic rings. The van der Waals surface area contributed by atoms with E-state index in [0.29, 0.717) is 16.6 Å². The van der Waals surface area contributed by atoms with Crippen molar-refractivity contribution in [2.45, 2.75) is 17.7 Å². The van der Waals surface area contributed by atoms with E-state index in [0.717, 1.165) is 18.4 Å². The Morgan fingerprint density at radius 3 is 2.29 bits per heavy atom. The number of sulfone groups is 1. The fourth-order valence-corrected chi connectivity index (χ4v) is 3.08. The molecule has 1 aliphatic carbocycles. The molecule has 0 bridgehead atoms. The van der Waals surface area contributed by atoms with Gasteiger partial charge in [-0.05, 0) is 43.4 Å². The molecule has 0 heterocycles. The van der Waals surface area contributed by atoms with Crippen LogP contribution in [0.25, 0.3) is 0 Å². The Balaban J connectivity index is 2.24. The zero-order chi connectivity index (χ0) is 10.2. The molecule has 3 heteroatoms. The van der Waals surface area contributed by atoms with Crippen LogP contribution < -0.4 is 0 Å².